The van der Waals surface area contributed by atoms with Gasteiger partial charge in [-0.3, -0.25) is 0 Å². The highest BCUT2D eigenvalue weighted by atomic mass is 127. The number of hydrogen-bond donors (Lipinski definition) is 0. The molecule has 3 nitrogen and oxygen atoms in total. The minimum atomic E-state index is 0.577. The summed E-state index contributed by atoms with van der Waals surface area (Å²) < 4.78 is 1.20. The molecule has 5 heteroatoms. The molecule has 104 valence electrons. The highest BCUT2D eigenvalue weighted by Crippen LogP contribution is 2.41. The molecule has 3 heterocycles. The Balaban J connectivity index is 1.72. The lowest BCUT2D eigenvalue weighted by Crippen LogP contribution is -2.41. The number of anilines is 1. The summed E-state index contributed by atoms with van der Waals surface area (Å²) in [7, 11) is 2.24. The zero-order valence-electron chi connectivity index (χ0n) is 11.2. The first-order valence-corrected chi connectivity index (χ1v) is 8.28. The van der Waals surface area contributed by atoms with Crippen LogP contribution in [0, 0.1) is 8.99 Å². The fourth-order valence-corrected chi connectivity index (χ4v) is 4.22. The van der Waals surface area contributed by atoms with E-state index in [2.05, 4.69) is 44.4 Å². The van der Waals surface area contributed by atoms with Gasteiger partial charge >= 0.3 is 0 Å². The molecule has 2 saturated heterocycles. The number of nitrogens with zero attached hydrogens (tertiary/aromatic N) is 3. The van der Waals surface area contributed by atoms with Crippen LogP contribution in [0.25, 0.3) is 0 Å². The molecule has 2 aliphatic rings. The lowest BCUT2D eigenvalue weighted by molar-refractivity contribution is 0.222. The van der Waals surface area contributed by atoms with Gasteiger partial charge in [0, 0.05) is 25.8 Å². The first-order valence-electron chi connectivity index (χ1n) is 6.83. The summed E-state index contributed by atoms with van der Waals surface area (Å²) in [5.41, 5.74) is 1.83. The standard InChI is InChI=1S/C14H19ClIN3/c1-18-5-2-14(10-18)3-6-19(7-4-14)12-8-13(15)17-9-11(12)16/h8-9H,2-7,10H2,1H3. The van der Waals surface area contributed by atoms with Crippen molar-refractivity contribution >= 4 is 39.9 Å². The Morgan fingerprint density at radius 3 is 2.58 bits per heavy atom. The van der Waals surface area contributed by atoms with E-state index in [9.17, 15) is 0 Å². The normalized spacial score (nSPS) is 23.2. The van der Waals surface area contributed by atoms with Gasteiger partial charge in [-0.1, -0.05) is 11.6 Å². The molecule has 1 aromatic heterocycles. The maximum absolute atomic E-state index is 6.03. The van der Waals surface area contributed by atoms with Gasteiger partial charge in [-0.25, -0.2) is 4.98 Å². The molecule has 0 radical (unpaired) electrons. The Morgan fingerprint density at radius 1 is 1.26 bits per heavy atom. The SMILES string of the molecule is CN1CCC2(CCN(c3cc(Cl)ncc3I)CC2)C1. The van der Waals surface area contributed by atoms with Crippen LogP contribution in [0.2, 0.25) is 5.15 Å². The van der Waals surface area contributed by atoms with Crippen molar-refractivity contribution in [3.05, 3.63) is 21.0 Å². The molecule has 2 aliphatic heterocycles. The number of hydrogen-bond acceptors (Lipinski definition) is 3. The average molecular weight is 392 g/mol. The molecule has 0 unspecified atom stereocenters. The van der Waals surface area contributed by atoms with E-state index in [0.717, 1.165) is 13.1 Å². The van der Waals surface area contributed by atoms with Gasteiger partial charge in [0.2, 0.25) is 0 Å². The highest BCUT2D eigenvalue weighted by molar-refractivity contribution is 14.1. The smallest absolute Gasteiger partial charge is 0.131 e. The van der Waals surface area contributed by atoms with Gasteiger partial charge in [0.1, 0.15) is 5.15 Å². The third kappa shape index (κ3) is 2.85. The summed E-state index contributed by atoms with van der Waals surface area (Å²) in [5.74, 6) is 0. The van der Waals surface area contributed by atoms with Crippen molar-refractivity contribution in [3.63, 3.8) is 0 Å². The molecule has 0 bridgehead atoms. The molecular formula is C14H19ClIN3. The Morgan fingerprint density at radius 2 is 1.95 bits per heavy atom. The van der Waals surface area contributed by atoms with Gasteiger partial charge in [0.05, 0.1) is 9.26 Å². The largest absolute Gasteiger partial charge is 0.371 e. The van der Waals surface area contributed by atoms with Crippen LogP contribution in [0.1, 0.15) is 19.3 Å². The Labute approximate surface area is 133 Å². The molecule has 0 amide bonds. The number of aromatic nitrogens is 1. The molecule has 2 fully saturated rings. The molecule has 0 N–H and O–H groups in total. The second-order valence-corrected chi connectivity index (χ2v) is 7.48. The van der Waals surface area contributed by atoms with E-state index < -0.39 is 0 Å². The van der Waals surface area contributed by atoms with Gasteiger partial charge < -0.3 is 9.80 Å². The minimum absolute atomic E-state index is 0.577. The van der Waals surface area contributed by atoms with E-state index >= 15 is 0 Å². The first-order chi connectivity index (χ1) is 9.08. The Bertz CT molecular complexity index is 472. The molecule has 0 atom stereocenters. The van der Waals surface area contributed by atoms with E-state index in [4.69, 9.17) is 11.6 Å². The first kappa shape index (κ1) is 13.9. The summed E-state index contributed by atoms with van der Waals surface area (Å²) in [6.07, 6.45) is 5.83. The number of piperidine rings is 1. The molecule has 0 aromatic carbocycles. The van der Waals surface area contributed by atoms with Crippen LogP contribution in [0.3, 0.4) is 0 Å². The molecular weight excluding hydrogens is 373 g/mol. The molecule has 0 saturated carbocycles. The number of rotatable bonds is 1. The fraction of sp³-hybridized carbons (Fsp3) is 0.643. The molecule has 3 rings (SSSR count). The van der Waals surface area contributed by atoms with Gasteiger partial charge in [-0.05, 0) is 66.9 Å². The van der Waals surface area contributed by atoms with E-state index in [-0.39, 0.29) is 0 Å². The van der Waals surface area contributed by atoms with Crippen molar-refractivity contribution in [3.8, 4) is 0 Å². The Hall–Kier alpha value is -0.0700. The average Bonchev–Trinajstić information content (AvgIpc) is 2.75. The van der Waals surface area contributed by atoms with Gasteiger partial charge in [-0.15, -0.1) is 0 Å². The molecule has 19 heavy (non-hydrogen) atoms. The highest BCUT2D eigenvalue weighted by Gasteiger charge is 2.39. The van der Waals surface area contributed by atoms with Gasteiger partial charge in [-0.2, -0.15) is 0 Å². The van der Waals surface area contributed by atoms with Crippen LogP contribution < -0.4 is 4.90 Å². The lowest BCUT2D eigenvalue weighted by atomic mass is 9.77. The Kier molecular flexibility index (Phi) is 3.93. The summed E-state index contributed by atoms with van der Waals surface area (Å²) in [6.45, 7) is 4.82. The predicted octanol–water partition coefficient (Wildman–Crippen LogP) is 3.26. The predicted molar refractivity (Wildman–Crippen MR) is 88.0 cm³/mol. The zero-order valence-corrected chi connectivity index (χ0v) is 14.1. The lowest BCUT2D eigenvalue weighted by Gasteiger charge is -2.40. The van der Waals surface area contributed by atoms with Crippen molar-refractivity contribution in [2.45, 2.75) is 19.3 Å². The third-order valence-electron chi connectivity index (χ3n) is 4.60. The van der Waals surface area contributed by atoms with Gasteiger partial charge in [0.25, 0.3) is 0 Å². The van der Waals surface area contributed by atoms with Crippen molar-refractivity contribution in [2.24, 2.45) is 5.41 Å². The van der Waals surface area contributed by atoms with E-state index in [1.165, 1.54) is 41.6 Å². The minimum Gasteiger partial charge on any atom is -0.371 e. The second-order valence-electron chi connectivity index (χ2n) is 5.93. The molecule has 0 aliphatic carbocycles. The summed E-state index contributed by atoms with van der Waals surface area (Å²) in [4.78, 5) is 9.09. The zero-order chi connectivity index (χ0) is 13.5. The van der Waals surface area contributed by atoms with E-state index in [0.29, 0.717) is 10.6 Å². The van der Waals surface area contributed by atoms with Crippen LogP contribution in [0.5, 0.6) is 0 Å². The van der Waals surface area contributed by atoms with E-state index in [1.807, 2.05) is 12.3 Å². The van der Waals surface area contributed by atoms with Crippen molar-refractivity contribution in [1.29, 1.82) is 0 Å². The summed E-state index contributed by atoms with van der Waals surface area (Å²) in [5, 5.41) is 0.594. The third-order valence-corrected chi connectivity index (χ3v) is 5.63. The van der Waals surface area contributed by atoms with Gasteiger partial charge in [0.15, 0.2) is 0 Å². The second kappa shape index (κ2) is 5.37. The fourth-order valence-electron chi connectivity index (χ4n) is 3.43. The summed E-state index contributed by atoms with van der Waals surface area (Å²) in [6, 6.07) is 2.00. The molecule has 1 aromatic rings. The van der Waals surface area contributed by atoms with E-state index in [1.54, 1.807) is 0 Å². The van der Waals surface area contributed by atoms with Crippen molar-refractivity contribution < 1.29 is 0 Å². The topological polar surface area (TPSA) is 19.4 Å². The quantitative estimate of drug-likeness (QED) is 0.541. The maximum atomic E-state index is 6.03. The number of halogens is 2. The van der Waals surface area contributed by atoms with Crippen LogP contribution in [0.4, 0.5) is 5.69 Å². The number of pyridine rings is 1. The summed E-state index contributed by atoms with van der Waals surface area (Å²) >= 11 is 8.38. The molecule has 1 spiro atoms. The van der Waals surface area contributed by atoms with Crippen molar-refractivity contribution in [1.82, 2.24) is 9.88 Å². The van der Waals surface area contributed by atoms with Crippen LogP contribution in [-0.4, -0.2) is 43.1 Å². The monoisotopic (exact) mass is 391 g/mol. The number of likely N-dealkylation sites (tertiary alicyclic amines) is 1. The van der Waals surface area contributed by atoms with Crippen molar-refractivity contribution in [2.75, 3.05) is 38.1 Å². The van der Waals surface area contributed by atoms with Crippen LogP contribution in [0.15, 0.2) is 12.3 Å². The van der Waals surface area contributed by atoms with Crippen LogP contribution in [-0.2, 0) is 0 Å². The van der Waals surface area contributed by atoms with Crippen LogP contribution >= 0.6 is 34.2 Å². The maximum Gasteiger partial charge on any atom is 0.131 e.